The summed E-state index contributed by atoms with van der Waals surface area (Å²) >= 11 is 0. The van der Waals surface area contributed by atoms with E-state index in [4.69, 9.17) is 5.11 Å². The van der Waals surface area contributed by atoms with Crippen molar-refractivity contribution in [2.24, 2.45) is 13.0 Å². The highest BCUT2D eigenvalue weighted by molar-refractivity contribution is 5.74. The molecule has 1 aromatic carbocycles. The number of urea groups is 1. The predicted octanol–water partition coefficient (Wildman–Crippen LogP) is 1.90. The quantitative estimate of drug-likeness (QED) is 0.730. The van der Waals surface area contributed by atoms with E-state index < -0.39 is 0 Å². The Labute approximate surface area is 136 Å². The molecule has 0 saturated carbocycles. The van der Waals surface area contributed by atoms with E-state index in [0.29, 0.717) is 19.5 Å². The van der Waals surface area contributed by atoms with Crippen LogP contribution >= 0.6 is 0 Å². The normalized spacial score (nSPS) is 12.0. The van der Waals surface area contributed by atoms with Gasteiger partial charge >= 0.3 is 6.03 Å². The zero-order valence-corrected chi connectivity index (χ0v) is 13.6. The highest BCUT2D eigenvalue weighted by Crippen LogP contribution is 2.19. The Morgan fingerprint density at radius 1 is 1.35 bits per heavy atom. The summed E-state index contributed by atoms with van der Waals surface area (Å²) < 4.78 is 1.77. The van der Waals surface area contributed by atoms with Gasteiger partial charge in [0.15, 0.2) is 0 Å². The van der Waals surface area contributed by atoms with Crippen molar-refractivity contribution in [1.82, 2.24) is 20.4 Å². The largest absolute Gasteiger partial charge is 0.396 e. The maximum atomic E-state index is 11.8. The number of aliphatic hydroxyl groups is 1. The second-order valence-corrected chi connectivity index (χ2v) is 5.78. The van der Waals surface area contributed by atoms with Crippen molar-refractivity contribution in [3.05, 3.63) is 42.2 Å². The van der Waals surface area contributed by atoms with Crippen LogP contribution in [0, 0.1) is 5.92 Å². The molecule has 1 aromatic heterocycles. The monoisotopic (exact) mass is 316 g/mol. The minimum Gasteiger partial charge on any atom is -0.396 e. The summed E-state index contributed by atoms with van der Waals surface area (Å²) in [6, 6.07) is 7.83. The molecule has 0 aliphatic heterocycles. The zero-order chi connectivity index (χ0) is 16.7. The summed E-state index contributed by atoms with van der Waals surface area (Å²) in [5.41, 5.74) is 3.16. The van der Waals surface area contributed by atoms with Crippen molar-refractivity contribution in [2.75, 3.05) is 13.2 Å². The molecule has 0 saturated heterocycles. The van der Waals surface area contributed by atoms with Crippen LogP contribution in [-0.4, -0.2) is 34.1 Å². The van der Waals surface area contributed by atoms with Crippen molar-refractivity contribution >= 4 is 6.03 Å². The molecule has 23 heavy (non-hydrogen) atoms. The van der Waals surface area contributed by atoms with Gasteiger partial charge in [-0.1, -0.05) is 25.1 Å². The molecule has 2 rings (SSSR count). The maximum absolute atomic E-state index is 11.8. The van der Waals surface area contributed by atoms with Gasteiger partial charge < -0.3 is 15.7 Å². The molecule has 6 nitrogen and oxygen atoms in total. The van der Waals surface area contributed by atoms with Gasteiger partial charge in [0.2, 0.25) is 0 Å². The van der Waals surface area contributed by atoms with Gasteiger partial charge in [0.25, 0.3) is 0 Å². The summed E-state index contributed by atoms with van der Waals surface area (Å²) in [7, 11) is 1.89. The summed E-state index contributed by atoms with van der Waals surface area (Å²) in [6.07, 6.45) is 4.47. The van der Waals surface area contributed by atoms with Crippen LogP contribution in [0.4, 0.5) is 4.79 Å². The van der Waals surface area contributed by atoms with Crippen molar-refractivity contribution in [3.63, 3.8) is 0 Å². The van der Waals surface area contributed by atoms with E-state index >= 15 is 0 Å². The first kappa shape index (κ1) is 17.0. The van der Waals surface area contributed by atoms with E-state index in [1.807, 2.05) is 50.6 Å². The van der Waals surface area contributed by atoms with Crippen molar-refractivity contribution < 1.29 is 9.90 Å². The molecule has 1 unspecified atom stereocenters. The highest BCUT2D eigenvalue weighted by atomic mass is 16.3. The van der Waals surface area contributed by atoms with Gasteiger partial charge in [0.1, 0.15) is 0 Å². The van der Waals surface area contributed by atoms with Gasteiger partial charge in [-0.2, -0.15) is 5.10 Å². The third kappa shape index (κ3) is 5.41. The Morgan fingerprint density at radius 3 is 2.87 bits per heavy atom. The maximum Gasteiger partial charge on any atom is 0.315 e. The molecule has 1 atom stereocenters. The number of aryl methyl sites for hydroxylation is 1. The molecule has 3 N–H and O–H groups in total. The molecule has 0 radical (unpaired) electrons. The minimum atomic E-state index is -0.193. The molecule has 0 fully saturated rings. The van der Waals surface area contributed by atoms with E-state index in [0.717, 1.165) is 16.7 Å². The van der Waals surface area contributed by atoms with Crippen LogP contribution in [0.3, 0.4) is 0 Å². The summed E-state index contributed by atoms with van der Waals surface area (Å²) in [5, 5.41) is 18.7. The van der Waals surface area contributed by atoms with Gasteiger partial charge in [0, 0.05) is 38.5 Å². The lowest BCUT2D eigenvalue weighted by Gasteiger charge is -2.12. The number of nitrogens with one attached hydrogen (secondary N) is 2. The predicted molar refractivity (Wildman–Crippen MR) is 89.7 cm³/mol. The topological polar surface area (TPSA) is 79.2 Å². The minimum absolute atomic E-state index is 0.144. The fraction of sp³-hybridized carbons (Fsp3) is 0.412. The lowest BCUT2D eigenvalue weighted by molar-refractivity contribution is 0.233. The molecule has 0 spiro atoms. The van der Waals surface area contributed by atoms with E-state index in [1.165, 1.54) is 0 Å². The number of amides is 2. The molecule has 0 aliphatic carbocycles. The first-order chi connectivity index (χ1) is 11.1. The number of nitrogens with zero attached hydrogens (tertiary/aromatic N) is 2. The van der Waals surface area contributed by atoms with Crippen LogP contribution in [0.15, 0.2) is 36.7 Å². The van der Waals surface area contributed by atoms with Gasteiger partial charge in [-0.3, -0.25) is 4.68 Å². The Hall–Kier alpha value is -2.34. The smallest absolute Gasteiger partial charge is 0.315 e. The lowest BCUT2D eigenvalue weighted by Crippen LogP contribution is -2.37. The van der Waals surface area contributed by atoms with E-state index in [1.54, 1.807) is 4.68 Å². The van der Waals surface area contributed by atoms with Crippen molar-refractivity contribution in [1.29, 1.82) is 0 Å². The molecule has 2 aromatic rings. The fourth-order valence-electron chi connectivity index (χ4n) is 2.27. The SMILES string of the molecule is CC(CCO)CNC(=O)NCc1cccc(-c2cnn(C)c2)c1. The molecular formula is C17H24N4O2. The number of hydrogen-bond donors (Lipinski definition) is 3. The number of carbonyl (C=O) groups excluding carboxylic acids is 1. The highest BCUT2D eigenvalue weighted by Gasteiger charge is 2.06. The number of carbonyl (C=O) groups is 1. The Balaban J connectivity index is 1.85. The third-order valence-corrected chi connectivity index (χ3v) is 3.65. The van der Waals surface area contributed by atoms with Crippen LogP contribution in [0.1, 0.15) is 18.9 Å². The van der Waals surface area contributed by atoms with Gasteiger partial charge in [-0.25, -0.2) is 4.79 Å². The molecular weight excluding hydrogens is 292 g/mol. The van der Waals surface area contributed by atoms with E-state index in [9.17, 15) is 4.79 Å². The number of benzene rings is 1. The fourth-order valence-corrected chi connectivity index (χ4v) is 2.27. The Bertz CT molecular complexity index is 639. The summed E-state index contributed by atoms with van der Waals surface area (Å²) in [6.45, 7) is 3.16. The second kappa shape index (κ2) is 8.33. The molecule has 0 bridgehead atoms. The van der Waals surface area contributed by atoms with E-state index in [-0.39, 0.29) is 18.6 Å². The lowest BCUT2D eigenvalue weighted by atomic mass is 10.1. The summed E-state index contributed by atoms with van der Waals surface area (Å²) in [5.74, 6) is 0.264. The Kier molecular flexibility index (Phi) is 6.17. The number of aliphatic hydroxyl groups excluding tert-OH is 1. The molecule has 0 aliphatic rings. The zero-order valence-electron chi connectivity index (χ0n) is 13.6. The van der Waals surface area contributed by atoms with Crippen molar-refractivity contribution in [2.45, 2.75) is 19.9 Å². The standard InChI is InChI=1S/C17H24N4O2/c1-13(6-7-22)9-18-17(23)19-10-14-4-3-5-15(8-14)16-11-20-21(2)12-16/h3-5,8,11-13,22H,6-7,9-10H2,1-2H3,(H2,18,19,23). The van der Waals surface area contributed by atoms with Gasteiger partial charge in [-0.15, -0.1) is 0 Å². The molecule has 6 heteroatoms. The number of hydrogen-bond acceptors (Lipinski definition) is 3. The second-order valence-electron chi connectivity index (χ2n) is 5.78. The van der Waals surface area contributed by atoms with Gasteiger partial charge in [-0.05, 0) is 29.5 Å². The third-order valence-electron chi connectivity index (χ3n) is 3.65. The first-order valence-corrected chi connectivity index (χ1v) is 7.79. The molecule has 124 valence electrons. The van der Waals surface area contributed by atoms with Crippen LogP contribution in [0.25, 0.3) is 11.1 Å². The average Bonchev–Trinajstić information content (AvgIpc) is 2.98. The average molecular weight is 316 g/mol. The van der Waals surface area contributed by atoms with Crippen LogP contribution in [0.2, 0.25) is 0 Å². The number of aromatic nitrogens is 2. The van der Waals surface area contributed by atoms with Gasteiger partial charge in [0.05, 0.1) is 6.20 Å². The van der Waals surface area contributed by atoms with E-state index in [2.05, 4.69) is 15.7 Å². The molecule has 1 heterocycles. The van der Waals surface area contributed by atoms with Crippen LogP contribution in [-0.2, 0) is 13.6 Å². The molecule has 2 amide bonds. The Morgan fingerprint density at radius 2 is 2.17 bits per heavy atom. The summed E-state index contributed by atoms with van der Waals surface area (Å²) in [4.78, 5) is 11.8. The van der Waals surface area contributed by atoms with Crippen molar-refractivity contribution in [3.8, 4) is 11.1 Å². The van der Waals surface area contributed by atoms with Crippen LogP contribution < -0.4 is 10.6 Å². The van der Waals surface area contributed by atoms with Crippen LogP contribution in [0.5, 0.6) is 0 Å². The first-order valence-electron chi connectivity index (χ1n) is 7.79. The number of rotatable bonds is 7.